The van der Waals surface area contributed by atoms with Gasteiger partial charge in [0, 0.05) is 17.2 Å². The normalized spacial score (nSPS) is 13.0. The maximum Gasteiger partial charge on any atom is 0.289 e. The van der Waals surface area contributed by atoms with E-state index in [1.165, 1.54) is 34.1 Å². The Kier molecular flexibility index (Phi) is 4.91. The first-order valence-corrected chi connectivity index (χ1v) is 9.18. The number of fused-ring (bicyclic) bond motifs is 1. The van der Waals surface area contributed by atoms with E-state index in [-0.39, 0.29) is 17.5 Å². The molecule has 2 aromatic rings. The van der Waals surface area contributed by atoms with Crippen molar-refractivity contribution in [3.63, 3.8) is 0 Å². The molecule has 24 heavy (non-hydrogen) atoms. The smallest absolute Gasteiger partial charge is 0.289 e. The van der Waals surface area contributed by atoms with Crippen LogP contribution in [-0.2, 0) is 17.6 Å². The van der Waals surface area contributed by atoms with Crippen LogP contribution in [0.25, 0.3) is 0 Å². The monoisotopic (exact) mass is 364 g/mol. The number of hydrazine groups is 1. The number of amides is 3. The lowest BCUT2D eigenvalue weighted by molar-refractivity contribution is -0.114. The zero-order valence-electron chi connectivity index (χ0n) is 13.0. The standard InChI is InChI=1S/C15H16N4O3S2/c1-8(20)16-15-17-10(7-23-15)13(21)18-19-14(22)12-6-9-4-2-3-5-11(9)24-12/h6-7H,2-5H2,1H3,(H,18,21)(H,19,22)(H,16,17,20). The average molecular weight is 364 g/mol. The van der Waals surface area contributed by atoms with E-state index in [1.807, 2.05) is 6.07 Å². The third-order valence-electron chi connectivity index (χ3n) is 3.53. The second kappa shape index (κ2) is 7.10. The number of aromatic nitrogens is 1. The third kappa shape index (κ3) is 3.80. The molecule has 3 rings (SSSR count). The molecule has 126 valence electrons. The highest BCUT2D eigenvalue weighted by atomic mass is 32.1. The van der Waals surface area contributed by atoms with Gasteiger partial charge in [-0.15, -0.1) is 22.7 Å². The van der Waals surface area contributed by atoms with E-state index in [1.54, 1.807) is 0 Å². The van der Waals surface area contributed by atoms with E-state index in [2.05, 4.69) is 21.2 Å². The first-order chi connectivity index (χ1) is 11.5. The highest BCUT2D eigenvalue weighted by Gasteiger charge is 2.18. The van der Waals surface area contributed by atoms with Gasteiger partial charge in [-0.3, -0.25) is 25.2 Å². The summed E-state index contributed by atoms with van der Waals surface area (Å²) in [7, 11) is 0. The van der Waals surface area contributed by atoms with Crippen molar-refractivity contribution in [3.05, 3.63) is 32.5 Å². The Balaban J connectivity index is 1.57. The number of anilines is 1. The molecule has 2 heterocycles. The van der Waals surface area contributed by atoms with Gasteiger partial charge >= 0.3 is 0 Å². The lowest BCUT2D eigenvalue weighted by Gasteiger charge is -2.08. The molecular weight excluding hydrogens is 348 g/mol. The Hall–Kier alpha value is -2.26. The summed E-state index contributed by atoms with van der Waals surface area (Å²) in [6.07, 6.45) is 4.34. The minimum atomic E-state index is -0.530. The SMILES string of the molecule is CC(=O)Nc1nc(C(=O)NNC(=O)c2cc3c(s2)CCCC3)cs1. The molecule has 1 aliphatic carbocycles. The fourth-order valence-electron chi connectivity index (χ4n) is 2.43. The molecule has 0 aromatic carbocycles. The molecule has 7 nitrogen and oxygen atoms in total. The number of nitrogens with zero attached hydrogens (tertiary/aromatic N) is 1. The number of carbonyl (C=O) groups excluding carboxylic acids is 3. The van der Waals surface area contributed by atoms with Crippen LogP contribution in [0, 0.1) is 0 Å². The van der Waals surface area contributed by atoms with Crippen LogP contribution in [0.5, 0.6) is 0 Å². The second-order valence-corrected chi connectivity index (χ2v) is 7.39. The number of thiophene rings is 1. The number of carbonyl (C=O) groups is 3. The van der Waals surface area contributed by atoms with Crippen molar-refractivity contribution < 1.29 is 14.4 Å². The van der Waals surface area contributed by atoms with Gasteiger partial charge in [-0.2, -0.15) is 0 Å². The summed E-state index contributed by atoms with van der Waals surface area (Å²) < 4.78 is 0. The molecule has 9 heteroatoms. The molecule has 0 saturated carbocycles. The van der Waals surface area contributed by atoms with E-state index in [0.717, 1.165) is 37.0 Å². The van der Waals surface area contributed by atoms with Crippen molar-refractivity contribution in [2.24, 2.45) is 0 Å². The quantitative estimate of drug-likeness (QED) is 0.726. The summed E-state index contributed by atoms with van der Waals surface area (Å²) in [6, 6.07) is 1.90. The zero-order chi connectivity index (χ0) is 17.1. The molecule has 2 aromatic heterocycles. The Morgan fingerprint density at radius 3 is 2.62 bits per heavy atom. The van der Waals surface area contributed by atoms with Gasteiger partial charge in [-0.05, 0) is 37.3 Å². The van der Waals surface area contributed by atoms with Crippen LogP contribution >= 0.6 is 22.7 Å². The number of nitrogens with one attached hydrogen (secondary N) is 3. The molecule has 3 amide bonds. The second-order valence-electron chi connectivity index (χ2n) is 5.39. The Bertz CT molecular complexity index is 773. The largest absolute Gasteiger partial charge is 0.302 e. The topological polar surface area (TPSA) is 100 Å². The van der Waals surface area contributed by atoms with Crippen LogP contribution in [0.2, 0.25) is 0 Å². The number of hydrogen-bond donors (Lipinski definition) is 3. The summed E-state index contributed by atoms with van der Waals surface area (Å²) in [5.74, 6) is -1.12. The van der Waals surface area contributed by atoms with Gasteiger partial charge < -0.3 is 5.32 Å². The van der Waals surface area contributed by atoms with E-state index in [0.29, 0.717) is 10.0 Å². The van der Waals surface area contributed by atoms with Gasteiger partial charge in [0.15, 0.2) is 5.13 Å². The van der Waals surface area contributed by atoms with Gasteiger partial charge in [-0.25, -0.2) is 4.98 Å². The Morgan fingerprint density at radius 1 is 1.12 bits per heavy atom. The predicted octanol–water partition coefficient (Wildman–Crippen LogP) is 2.12. The molecular formula is C15H16N4O3S2. The number of rotatable bonds is 3. The molecule has 0 bridgehead atoms. The van der Waals surface area contributed by atoms with Crippen LogP contribution in [-0.4, -0.2) is 22.7 Å². The van der Waals surface area contributed by atoms with E-state index in [9.17, 15) is 14.4 Å². The molecule has 0 fully saturated rings. The lowest BCUT2D eigenvalue weighted by atomic mass is 9.99. The fourth-order valence-corrected chi connectivity index (χ4v) is 4.31. The molecule has 0 atom stereocenters. The molecule has 0 spiro atoms. The van der Waals surface area contributed by atoms with Gasteiger partial charge in [0.05, 0.1) is 4.88 Å². The zero-order valence-corrected chi connectivity index (χ0v) is 14.6. The summed E-state index contributed by atoms with van der Waals surface area (Å²) in [4.78, 5) is 40.9. The third-order valence-corrected chi connectivity index (χ3v) is 5.52. The summed E-state index contributed by atoms with van der Waals surface area (Å²) in [5.41, 5.74) is 6.12. The van der Waals surface area contributed by atoms with Crippen molar-refractivity contribution >= 4 is 45.5 Å². The van der Waals surface area contributed by atoms with Crippen LogP contribution < -0.4 is 16.2 Å². The molecule has 0 saturated heterocycles. The number of aryl methyl sites for hydroxylation is 2. The van der Waals surface area contributed by atoms with Gasteiger partial charge in [-0.1, -0.05) is 0 Å². The van der Waals surface area contributed by atoms with E-state index in [4.69, 9.17) is 0 Å². The lowest BCUT2D eigenvalue weighted by Crippen LogP contribution is -2.41. The van der Waals surface area contributed by atoms with Crippen molar-refractivity contribution in [2.45, 2.75) is 32.6 Å². The molecule has 0 unspecified atom stereocenters. The summed E-state index contributed by atoms with van der Waals surface area (Å²) in [6.45, 7) is 1.36. The molecule has 3 N–H and O–H groups in total. The minimum Gasteiger partial charge on any atom is -0.302 e. The molecule has 0 aliphatic heterocycles. The van der Waals surface area contributed by atoms with Gasteiger partial charge in [0.2, 0.25) is 5.91 Å². The fraction of sp³-hybridized carbons (Fsp3) is 0.333. The maximum absolute atomic E-state index is 12.2. The molecule has 0 radical (unpaired) electrons. The van der Waals surface area contributed by atoms with E-state index < -0.39 is 5.91 Å². The van der Waals surface area contributed by atoms with Crippen molar-refractivity contribution in [3.8, 4) is 0 Å². The van der Waals surface area contributed by atoms with Crippen LogP contribution in [0.3, 0.4) is 0 Å². The van der Waals surface area contributed by atoms with Crippen molar-refractivity contribution in [1.29, 1.82) is 0 Å². The van der Waals surface area contributed by atoms with Crippen LogP contribution in [0.1, 0.15) is 50.4 Å². The maximum atomic E-state index is 12.2. The predicted molar refractivity (Wildman–Crippen MR) is 92.3 cm³/mol. The average Bonchev–Trinajstić information content (AvgIpc) is 3.18. The van der Waals surface area contributed by atoms with E-state index >= 15 is 0 Å². The van der Waals surface area contributed by atoms with Crippen molar-refractivity contribution in [2.75, 3.05) is 5.32 Å². The first-order valence-electron chi connectivity index (χ1n) is 7.48. The summed E-state index contributed by atoms with van der Waals surface area (Å²) in [5, 5.41) is 4.35. The Labute approximate surface area is 146 Å². The summed E-state index contributed by atoms with van der Waals surface area (Å²) >= 11 is 2.62. The number of hydrogen-bond acceptors (Lipinski definition) is 6. The van der Waals surface area contributed by atoms with Crippen LogP contribution in [0.15, 0.2) is 11.4 Å². The van der Waals surface area contributed by atoms with Gasteiger partial charge in [0.1, 0.15) is 5.69 Å². The van der Waals surface area contributed by atoms with Crippen LogP contribution in [0.4, 0.5) is 5.13 Å². The highest BCUT2D eigenvalue weighted by molar-refractivity contribution is 7.14. The minimum absolute atomic E-state index is 0.134. The van der Waals surface area contributed by atoms with Gasteiger partial charge in [0.25, 0.3) is 11.8 Å². The Morgan fingerprint density at radius 2 is 1.88 bits per heavy atom. The highest BCUT2D eigenvalue weighted by Crippen LogP contribution is 2.29. The van der Waals surface area contributed by atoms with Crippen molar-refractivity contribution in [1.82, 2.24) is 15.8 Å². The molecule has 1 aliphatic rings. The first kappa shape index (κ1) is 16.6. The number of thiazole rings is 1.